The number of hydrogen-bond donors (Lipinski definition) is 1. The lowest BCUT2D eigenvalue weighted by Crippen LogP contribution is -2.33. The molecule has 0 aromatic heterocycles. The van der Waals surface area contributed by atoms with Crippen LogP contribution in [0.4, 0.5) is 10.1 Å². The average molecular weight is 362 g/mol. The molecule has 96 valence electrons. The summed E-state index contributed by atoms with van der Waals surface area (Å²) >= 11 is 1.92. The van der Waals surface area contributed by atoms with Gasteiger partial charge in [-0.15, -0.1) is 0 Å². The van der Waals surface area contributed by atoms with Gasteiger partial charge in [0.2, 0.25) is 11.8 Å². The monoisotopic (exact) mass is 362 g/mol. The molecule has 4 nitrogen and oxygen atoms in total. The molecule has 0 aliphatic heterocycles. The highest BCUT2D eigenvalue weighted by Gasteiger charge is 2.11. The molecule has 2 amide bonds. The molecule has 0 aliphatic carbocycles. The van der Waals surface area contributed by atoms with Gasteiger partial charge in [0.1, 0.15) is 5.82 Å². The number of nitrogens with one attached hydrogen (secondary N) is 1. The Morgan fingerprint density at radius 3 is 2.78 bits per heavy atom. The van der Waals surface area contributed by atoms with E-state index in [1.54, 1.807) is 0 Å². The Balaban J connectivity index is 2.65. The third kappa shape index (κ3) is 4.10. The van der Waals surface area contributed by atoms with E-state index in [0.29, 0.717) is 9.26 Å². The molecule has 0 saturated heterocycles. The average Bonchev–Trinajstić information content (AvgIpc) is 2.31. The topological polar surface area (TPSA) is 49.4 Å². The number of nitrogens with zero attached hydrogens (tertiary/aromatic N) is 1. The maximum atomic E-state index is 12.9. The minimum absolute atomic E-state index is 0.0850. The van der Waals surface area contributed by atoms with Crippen LogP contribution in [0.1, 0.15) is 0 Å². The van der Waals surface area contributed by atoms with Crippen LogP contribution in [-0.4, -0.2) is 30.3 Å². The standard InChI is InChI=1S/C12H12FIN2O2/c1-3-12(18)16(2)7-11(17)15-10-5-4-8(13)6-9(10)14/h3-6H,1,7H2,2H3,(H,15,17). The molecule has 0 fully saturated rings. The van der Waals surface area contributed by atoms with Crippen LogP contribution in [-0.2, 0) is 9.59 Å². The summed E-state index contributed by atoms with van der Waals surface area (Å²) in [4.78, 5) is 24.1. The van der Waals surface area contributed by atoms with Gasteiger partial charge in [-0.3, -0.25) is 9.59 Å². The Hall–Kier alpha value is -1.44. The van der Waals surface area contributed by atoms with Crippen LogP contribution in [0.25, 0.3) is 0 Å². The number of carbonyl (C=O) groups excluding carboxylic acids is 2. The minimum Gasteiger partial charge on any atom is -0.333 e. The normalized spacial score (nSPS) is 9.72. The third-order valence-electron chi connectivity index (χ3n) is 2.14. The van der Waals surface area contributed by atoms with E-state index in [9.17, 15) is 14.0 Å². The van der Waals surface area contributed by atoms with Gasteiger partial charge in [-0.2, -0.15) is 0 Å². The fourth-order valence-electron chi connectivity index (χ4n) is 1.23. The van der Waals surface area contributed by atoms with Crippen LogP contribution in [0.15, 0.2) is 30.9 Å². The van der Waals surface area contributed by atoms with E-state index in [0.717, 1.165) is 6.08 Å². The summed E-state index contributed by atoms with van der Waals surface area (Å²) in [6.45, 7) is 3.25. The summed E-state index contributed by atoms with van der Waals surface area (Å²) < 4.78 is 13.5. The number of benzene rings is 1. The van der Waals surface area contributed by atoms with Crippen molar-refractivity contribution in [1.29, 1.82) is 0 Å². The van der Waals surface area contributed by atoms with Crippen molar-refractivity contribution in [3.8, 4) is 0 Å². The van der Waals surface area contributed by atoms with Crippen LogP contribution in [0.2, 0.25) is 0 Å². The molecule has 0 spiro atoms. The maximum absolute atomic E-state index is 12.9. The molecule has 0 heterocycles. The lowest BCUT2D eigenvalue weighted by Gasteiger charge is -2.15. The molecular weight excluding hydrogens is 350 g/mol. The molecule has 0 radical (unpaired) electrons. The van der Waals surface area contributed by atoms with Crippen LogP contribution < -0.4 is 5.32 Å². The Bertz CT molecular complexity index is 491. The van der Waals surface area contributed by atoms with E-state index < -0.39 is 0 Å². The van der Waals surface area contributed by atoms with Crippen molar-refractivity contribution in [3.05, 3.63) is 40.2 Å². The molecule has 0 saturated carbocycles. The van der Waals surface area contributed by atoms with Crippen molar-refractivity contribution in [2.24, 2.45) is 0 Å². The Morgan fingerprint density at radius 2 is 2.22 bits per heavy atom. The first-order valence-electron chi connectivity index (χ1n) is 5.06. The highest BCUT2D eigenvalue weighted by atomic mass is 127. The van der Waals surface area contributed by atoms with Gasteiger partial charge in [0.25, 0.3) is 0 Å². The van der Waals surface area contributed by atoms with Crippen molar-refractivity contribution in [2.75, 3.05) is 18.9 Å². The largest absolute Gasteiger partial charge is 0.333 e. The van der Waals surface area contributed by atoms with Crippen LogP contribution in [0.3, 0.4) is 0 Å². The van der Waals surface area contributed by atoms with E-state index >= 15 is 0 Å². The maximum Gasteiger partial charge on any atom is 0.246 e. The van der Waals surface area contributed by atoms with E-state index in [-0.39, 0.29) is 24.2 Å². The van der Waals surface area contributed by atoms with Crippen LogP contribution in [0, 0.1) is 9.39 Å². The molecule has 18 heavy (non-hydrogen) atoms. The van der Waals surface area contributed by atoms with Gasteiger partial charge in [-0.1, -0.05) is 6.58 Å². The molecule has 1 rings (SSSR count). The highest BCUT2D eigenvalue weighted by Crippen LogP contribution is 2.18. The van der Waals surface area contributed by atoms with Gasteiger partial charge in [0, 0.05) is 10.6 Å². The predicted molar refractivity (Wildman–Crippen MR) is 75.6 cm³/mol. The fourth-order valence-corrected chi connectivity index (χ4v) is 1.84. The molecule has 0 unspecified atom stereocenters. The van der Waals surface area contributed by atoms with E-state index in [1.807, 2.05) is 22.6 Å². The van der Waals surface area contributed by atoms with Gasteiger partial charge in [-0.25, -0.2) is 4.39 Å². The number of anilines is 1. The molecule has 0 bridgehead atoms. The fraction of sp³-hybridized carbons (Fsp3) is 0.167. The lowest BCUT2D eigenvalue weighted by atomic mass is 10.3. The molecule has 0 aliphatic rings. The quantitative estimate of drug-likeness (QED) is 0.658. The number of likely N-dealkylation sites (N-methyl/N-ethyl adjacent to an activating group) is 1. The second kappa shape index (κ2) is 6.48. The van der Waals surface area contributed by atoms with Crippen LogP contribution in [0.5, 0.6) is 0 Å². The summed E-state index contributed by atoms with van der Waals surface area (Å²) in [6.07, 6.45) is 1.13. The first kappa shape index (κ1) is 14.6. The van der Waals surface area contributed by atoms with Crippen molar-refractivity contribution < 1.29 is 14.0 Å². The zero-order chi connectivity index (χ0) is 13.7. The van der Waals surface area contributed by atoms with E-state index in [4.69, 9.17) is 0 Å². The van der Waals surface area contributed by atoms with Crippen molar-refractivity contribution in [3.63, 3.8) is 0 Å². The Kier molecular flexibility index (Phi) is 5.26. The number of hydrogen-bond acceptors (Lipinski definition) is 2. The second-order valence-corrected chi connectivity index (χ2v) is 4.73. The van der Waals surface area contributed by atoms with Gasteiger partial charge in [-0.05, 0) is 46.9 Å². The summed E-state index contributed by atoms with van der Waals surface area (Å²) in [6, 6.07) is 4.05. The van der Waals surface area contributed by atoms with Gasteiger partial charge in [0.05, 0.1) is 12.2 Å². The SMILES string of the molecule is C=CC(=O)N(C)CC(=O)Nc1ccc(F)cc1I. The first-order valence-corrected chi connectivity index (χ1v) is 6.14. The highest BCUT2D eigenvalue weighted by molar-refractivity contribution is 14.1. The van der Waals surface area contributed by atoms with Gasteiger partial charge < -0.3 is 10.2 Å². The molecular formula is C12H12FIN2O2. The summed E-state index contributed by atoms with van der Waals surface area (Å²) in [5, 5.41) is 2.61. The van der Waals surface area contributed by atoms with Crippen LogP contribution >= 0.6 is 22.6 Å². The zero-order valence-electron chi connectivity index (χ0n) is 9.74. The molecule has 1 aromatic rings. The van der Waals surface area contributed by atoms with Crippen molar-refractivity contribution >= 4 is 40.1 Å². The summed E-state index contributed by atoms with van der Waals surface area (Å²) in [5.41, 5.74) is 0.515. The Labute approximate surface area is 118 Å². The van der Waals surface area contributed by atoms with Crippen molar-refractivity contribution in [2.45, 2.75) is 0 Å². The second-order valence-electron chi connectivity index (χ2n) is 3.57. The smallest absolute Gasteiger partial charge is 0.246 e. The molecule has 6 heteroatoms. The van der Waals surface area contributed by atoms with Crippen molar-refractivity contribution in [1.82, 2.24) is 4.90 Å². The first-order chi connectivity index (χ1) is 8.43. The summed E-state index contributed by atoms with van der Waals surface area (Å²) in [5.74, 6) is -1.05. The van der Waals surface area contributed by atoms with E-state index in [2.05, 4.69) is 11.9 Å². The number of amides is 2. The number of rotatable bonds is 4. The third-order valence-corrected chi connectivity index (χ3v) is 3.03. The van der Waals surface area contributed by atoms with E-state index in [1.165, 1.54) is 30.1 Å². The molecule has 1 aromatic carbocycles. The van der Waals surface area contributed by atoms with Gasteiger partial charge in [0.15, 0.2) is 0 Å². The molecule has 1 N–H and O–H groups in total. The number of carbonyl (C=O) groups is 2. The lowest BCUT2D eigenvalue weighted by molar-refractivity contribution is -0.129. The Morgan fingerprint density at radius 1 is 1.56 bits per heavy atom. The molecule has 0 atom stereocenters. The van der Waals surface area contributed by atoms with Gasteiger partial charge >= 0.3 is 0 Å². The number of halogens is 2. The predicted octanol–water partition coefficient (Wildman–Crippen LogP) is 2.01. The minimum atomic E-state index is -0.364. The zero-order valence-corrected chi connectivity index (χ0v) is 11.9. The summed E-state index contributed by atoms with van der Waals surface area (Å²) in [7, 11) is 1.50.